The zero-order valence-electron chi connectivity index (χ0n) is 14.4. The van der Waals surface area contributed by atoms with E-state index in [1.165, 1.54) is 0 Å². The minimum absolute atomic E-state index is 0.0878. The van der Waals surface area contributed by atoms with Crippen LogP contribution in [0.15, 0.2) is 0 Å². The third-order valence-electron chi connectivity index (χ3n) is 4.41. The predicted molar refractivity (Wildman–Crippen MR) is 84.2 cm³/mol. The first-order valence-corrected chi connectivity index (χ1v) is 7.83. The predicted octanol–water partition coefficient (Wildman–Crippen LogP) is 4.43. The van der Waals surface area contributed by atoms with Crippen LogP contribution in [0.2, 0.25) is 0 Å². The van der Waals surface area contributed by atoms with Crippen molar-refractivity contribution in [2.45, 2.75) is 73.6 Å². The van der Waals surface area contributed by atoms with Crippen LogP contribution in [0, 0.1) is 22.7 Å². The third-order valence-corrected chi connectivity index (χ3v) is 4.41. The highest BCUT2D eigenvalue weighted by Gasteiger charge is 2.39. The Morgan fingerprint density at radius 1 is 1.05 bits per heavy atom. The van der Waals surface area contributed by atoms with Crippen molar-refractivity contribution in [3.8, 4) is 0 Å². The van der Waals surface area contributed by atoms with E-state index < -0.39 is 17.4 Å². The molecule has 0 heterocycles. The Labute approximate surface area is 128 Å². The number of carboxylic acids is 2. The van der Waals surface area contributed by atoms with Gasteiger partial charge in [-0.05, 0) is 37.0 Å². The first-order valence-electron chi connectivity index (χ1n) is 7.83. The van der Waals surface area contributed by atoms with Crippen molar-refractivity contribution >= 4 is 11.9 Å². The minimum Gasteiger partial charge on any atom is -0.481 e. The van der Waals surface area contributed by atoms with Crippen LogP contribution in [0.3, 0.4) is 0 Å². The van der Waals surface area contributed by atoms with Gasteiger partial charge in [0.25, 0.3) is 0 Å². The molecule has 0 saturated carbocycles. The highest BCUT2D eigenvalue weighted by atomic mass is 16.4. The molecule has 0 aromatic heterocycles. The van der Waals surface area contributed by atoms with E-state index in [1.54, 1.807) is 0 Å². The van der Waals surface area contributed by atoms with Gasteiger partial charge in [-0.25, -0.2) is 0 Å². The summed E-state index contributed by atoms with van der Waals surface area (Å²) in [6, 6.07) is 0. The van der Waals surface area contributed by atoms with Gasteiger partial charge in [0.2, 0.25) is 0 Å². The fourth-order valence-electron chi connectivity index (χ4n) is 2.93. The zero-order chi connectivity index (χ0) is 16.8. The van der Waals surface area contributed by atoms with Crippen LogP contribution in [-0.4, -0.2) is 22.2 Å². The van der Waals surface area contributed by atoms with E-state index in [0.29, 0.717) is 6.42 Å². The number of carboxylic acid groups (broad SMARTS) is 2. The summed E-state index contributed by atoms with van der Waals surface area (Å²) in [5, 5.41) is 18.4. The van der Waals surface area contributed by atoms with E-state index >= 15 is 0 Å². The number of aliphatic carboxylic acids is 2. The van der Waals surface area contributed by atoms with Crippen LogP contribution >= 0.6 is 0 Å². The van der Waals surface area contributed by atoms with Crippen LogP contribution < -0.4 is 0 Å². The van der Waals surface area contributed by atoms with Gasteiger partial charge in [-0.15, -0.1) is 0 Å². The highest BCUT2D eigenvalue weighted by molar-refractivity contribution is 5.74. The van der Waals surface area contributed by atoms with Gasteiger partial charge in [0, 0.05) is 6.42 Å². The van der Waals surface area contributed by atoms with E-state index in [0.717, 1.165) is 19.3 Å². The molecule has 0 bridgehead atoms. The second-order valence-corrected chi connectivity index (χ2v) is 7.98. The van der Waals surface area contributed by atoms with Crippen LogP contribution in [0.25, 0.3) is 0 Å². The first-order chi connectivity index (χ1) is 9.38. The molecule has 124 valence electrons. The summed E-state index contributed by atoms with van der Waals surface area (Å²) in [5.74, 6) is -1.35. The van der Waals surface area contributed by atoms with Gasteiger partial charge >= 0.3 is 11.9 Å². The molecule has 0 spiro atoms. The standard InChI is InChI=1S/C17H32O4/c1-12(10-14(18)19)8-7-9-17(6,15(20)21)13(2)11-16(3,4)5/h12-13H,7-11H2,1-6H3,(H,18,19)(H,20,21). The molecule has 0 aliphatic rings. The second-order valence-electron chi connectivity index (χ2n) is 7.98. The lowest BCUT2D eigenvalue weighted by molar-refractivity contribution is -0.152. The maximum Gasteiger partial charge on any atom is 0.309 e. The molecule has 0 saturated heterocycles. The monoisotopic (exact) mass is 300 g/mol. The van der Waals surface area contributed by atoms with Crippen molar-refractivity contribution in [3.05, 3.63) is 0 Å². The maximum atomic E-state index is 11.7. The molecule has 4 heteroatoms. The summed E-state index contributed by atoms with van der Waals surface area (Å²) < 4.78 is 0. The molecule has 0 radical (unpaired) electrons. The summed E-state index contributed by atoms with van der Waals surface area (Å²) in [7, 11) is 0. The zero-order valence-corrected chi connectivity index (χ0v) is 14.4. The van der Waals surface area contributed by atoms with Crippen molar-refractivity contribution in [1.82, 2.24) is 0 Å². The molecule has 0 aromatic rings. The lowest BCUT2D eigenvalue weighted by Gasteiger charge is -2.35. The average Bonchev–Trinajstić information content (AvgIpc) is 2.24. The normalized spacial score (nSPS) is 17.8. The minimum atomic E-state index is -0.787. The van der Waals surface area contributed by atoms with E-state index in [4.69, 9.17) is 5.11 Å². The molecule has 0 aromatic carbocycles. The van der Waals surface area contributed by atoms with Gasteiger partial charge in [-0.2, -0.15) is 0 Å². The average molecular weight is 300 g/mol. The largest absolute Gasteiger partial charge is 0.481 e. The molecule has 0 aliphatic heterocycles. The molecule has 0 fully saturated rings. The van der Waals surface area contributed by atoms with Gasteiger partial charge in [-0.3, -0.25) is 9.59 Å². The molecule has 4 nitrogen and oxygen atoms in total. The van der Waals surface area contributed by atoms with Gasteiger partial charge in [0.15, 0.2) is 0 Å². The number of hydrogen-bond donors (Lipinski definition) is 2. The molecule has 0 aliphatic carbocycles. The highest BCUT2D eigenvalue weighted by Crippen LogP contribution is 2.40. The van der Waals surface area contributed by atoms with Crippen molar-refractivity contribution in [2.24, 2.45) is 22.7 Å². The Morgan fingerprint density at radius 3 is 1.95 bits per heavy atom. The van der Waals surface area contributed by atoms with E-state index in [1.807, 2.05) is 20.8 Å². The number of carbonyl (C=O) groups is 2. The molecule has 2 N–H and O–H groups in total. The van der Waals surface area contributed by atoms with Crippen molar-refractivity contribution in [1.29, 1.82) is 0 Å². The Kier molecular flexibility index (Phi) is 7.41. The van der Waals surface area contributed by atoms with E-state index in [2.05, 4.69) is 20.8 Å². The SMILES string of the molecule is CC(CCCC(C)(C(=O)O)C(C)CC(C)(C)C)CC(=O)O. The first kappa shape index (κ1) is 19.9. The lowest BCUT2D eigenvalue weighted by atomic mass is 9.68. The molecular weight excluding hydrogens is 268 g/mol. The molecule has 3 unspecified atom stereocenters. The fraction of sp³-hybridized carbons (Fsp3) is 0.882. The van der Waals surface area contributed by atoms with E-state index in [9.17, 15) is 14.7 Å². The van der Waals surface area contributed by atoms with Gasteiger partial charge in [0.1, 0.15) is 0 Å². The van der Waals surface area contributed by atoms with Crippen molar-refractivity contribution in [3.63, 3.8) is 0 Å². The summed E-state index contributed by atoms with van der Waals surface area (Å²) >= 11 is 0. The van der Waals surface area contributed by atoms with Crippen LogP contribution in [0.5, 0.6) is 0 Å². The quantitative estimate of drug-likeness (QED) is 0.660. The smallest absolute Gasteiger partial charge is 0.309 e. The molecular formula is C17H32O4. The molecule has 0 amide bonds. The van der Waals surface area contributed by atoms with Gasteiger partial charge in [-0.1, -0.05) is 47.5 Å². The Hall–Kier alpha value is -1.06. The van der Waals surface area contributed by atoms with Crippen molar-refractivity contribution < 1.29 is 19.8 Å². The summed E-state index contributed by atoms with van der Waals surface area (Å²) in [5.41, 5.74) is -0.636. The molecule has 0 rings (SSSR count). The second kappa shape index (κ2) is 7.81. The molecule has 3 atom stereocenters. The van der Waals surface area contributed by atoms with Gasteiger partial charge < -0.3 is 10.2 Å². The number of rotatable bonds is 9. The molecule has 21 heavy (non-hydrogen) atoms. The Balaban J connectivity index is 4.61. The van der Waals surface area contributed by atoms with Crippen LogP contribution in [0.1, 0.15) is 73.6 Å². The Morgan fingerprint density at radius 2 is 1.57 bits per heavy atom. The van der Waals surface area contributed by atoms with Crippen LogP contribution in [-0.2, 0) is 9.59 Å². The van der Waals surface area contributed by atoms with Crippen molar-refractivity contribution in [2.75, 3.05) is 0 Å². The maximum absolute atomic E-state index is 11.7. The lowest BCUT2D eigenvalue weighted by Crippen LogP contribution is -2.36. The summed E-state index contributed by atoms with van der Waals surface area (Å²) in [4.78, 5) is 22.4. The number of hydrogen-bond acceptors (Lipinski definition) is 2. The topological polar surface area (TPSA) is 74.6 Å². The van der Waals surface area contributed by atoms with Gasteiger partial charge in [0.05, 0.1) is 5.41 Å². The summed E-state index contributed by atoms with van der Waals surface area (Å²) in [6.45, 7) is 12.1. The van der Waals surface area contributed by atoms with E-state index in [-0.39, 0.29) is 23.7 Å². The van der Waals surface area contributed by atoms with Crippen LogP contribution in [0.4, 0.5) is 0 Å². The fourth-order valence-corrected chi connectivity index (χ4v) is 2.93. The summed E-state index contributed by atoms with van der Waals surface area (Å²) in [6.07, 6.45) is 3.13. The third kappa shape index (κ3) is 7.49. The Bertz CT molecular complexity index is 356.